The lowest BCUT2D eigenvalue weighted by Crippen LogP contribution is -2.14. The van der Waals surface area contributed by atoms with Crippen LogP contribution in [-0.2, 0) is 4.79 Å². The molecule has 0 bridgehead atoms. The summed E-state index contributed by atoms with van der Waals surface area (Å²) in [6, 6.07) is 5.53. The Morgan fingerprint density at radius 2 is 2.06 bits per heavy atom. The Hall–Kier alpha value is -2.04. The van der Waals surface area contributed by atoms with Gasteiger partial charge in [0.25, 0.3) is 0 Å². The molecule has 0 unspecified atom stereocenters. The van der Waals surface area contributed by atoms with Gasteiger partial charge in [-0.25, -0.2) is 5.43 Å². The Morgan fingerprint density at radius 1 is 1.31 bits per heavy atom. The minimum atomic E-state index is -0.194. The van der Waals surface area contributed by atoms with Gasteiger partial charge in [0.1, 0.15) is 0 Å². The van der Waals surface area contributed by atoms with Crippen molar-refractivity contribution >= 4 is 11.6 Å². The second-order valence-electron chi connectivity index (χ2n) is 3.43. The Balaban J connectivity index is 2.21. The molecule has 84 valence electrons. The van der Waals surface area contributed by atoms with E-state index in [4.69, 9.17) is 9.47 Å². The van der Waals surface area contributed by atoms with Crippen molar-refractivity contribution in [2.75, 3.05) is 6.79 Å². The number of carbonyl (C=O) groups excluding carboxylic acids is 1. The Kier molecular flexibility index (Phi) is 2.76. The highest BCUT2D eigenvalue weighted by Crippen LogP contribution is 2.32. The van der Waals surface area contributed by atoms with E-state index < -0.39 is 0 Å². The minimum absolute atomic E-state index is 0.194. The van der Waals surface area contributed by atoms with Gasteiger partial charge in [0.05, 0.1) is 5.71 Å². The number of amides is 1. The molecule has 1 aromatic rings. The number of rotatable bonds is 2. The maximum Gasteiger partial charge on any atom is 0.236 e. The molecule has 1 aromatic carbocycles. The largest absolute Gasteiger partial charge is 0.454 e. The van der Waals surface area contributed by atoms with Gasteiger partial charge in [-0.2, -0.15) is 5.10 Å². The van der Waals surface area contributed by atoms with Crippen LogP contribution in [0.2, 0.25) is 0 Å². The third kappa shape index (κ3) is 2.13. The van der Waals surface area contributed by atoms with E-state index in [1.165, 1.54) is 6.92 Å². The van der Waals surface area contributed by atoms with Gasteiger partial charge in [-0.1, -0.05) is 0 Å². The smallest absolute Gasteiger partial charge is 0.236 e. The van der Waals surface area contributed by atoms with Crippen LogP contribution in [0.15, 0.2) is 23.3 Å². The Morgan fingerprint density at radius 3 is 2.81 bits per heavy atom. The predicted octanol–water partition coefficient (Wildman–Crippen LogP) is 1.28. The monoisotopic (exact) mass is 220 g/mol. The summed E-state index contributed by atoms with van der Waals surface area (Å²) in [5.41, 5.74) is 3.99. The third-order valence-electron chi connectivity index (χ3n) is 2.17. The third-order valence-corrected chi connectivity index (χ3v) is 2.17. The summed E-state index contributed by atoms with van der Waals surface area (Å²) in [6.45, 7) is 3.48. The van der Waals surface area contributed by atoms with E-state index in [0.717, 1.165) is 11.3 Å². The first-order valence-electron chi connectivity index (χ1n) is 4.87. The molecule has 1 aliphatic rings. The van der Waals surface area contributed by atoms with Crippen molar-refractivity contribution in [3.05, 3.63) is 23.8 Å². The van der Waals surface area contributed by atoms with Crippen molar-refractivity contribution in [3.8, 4) is 11.5 Å². The van der Waals surface area contributed by atoms with Gasteiger partial charge in [-0.05, 0) is 25.1 Å². The number of fused-ring (bicyclic) bond motifs is 1. The van der Waals surface area contributed by atoms with Crippen molar-refractivity contribution < 1.29 is 14.3 Å². The number of nitrogens with one attached hydrogen (secondary N) is 1. The van der Waals surface area contributed by atoms with Crippen LogP contribution in [-0.4, -0.2) is 18.4 Å². The summed E-state index contributed by atoms with van der Waals surface area (Å²) in [7, 11) is 0. The number of ether oxygens (including phenoxy) is 2. The topological polar surface area (TPSA) is 59.9 Å². The molecule has 5 nitrogen and oxygen atoms in total. The minimum Gasteiger partial charge on any atom is -0.454 e. The molecule has 1 amide bonds. The fraction of sp³-hybridized carbons (Fsp3) is 0.273. The summed E-state index contributed by atoms with van der Waals surface area (Å²) < 4.78 is 10.4. The summed E-state index contributed by atoms with van der Waals surface area (Å²) in [6.07, 6.45) is 0. The maximum absolute atomic E-state index is 10.7. The van der Waals surface area contributed by atoms with E-state index in [1.54, 1.807) is 0 Å². The highest BCUT2D eigenvalue weighted by Gasteiger charge is 2.13. The fourth-order valence-corrected chi connectivity index (χ4v) is 1.35. The molecule has 0 fully saturated rings. The number of hydrazone groups is 1. The number of benzene rings is 1. The SMILES string of the molecule is CC(=O)N/N=C(\C)c1ccc2c(c1)OCO2. The lowest BCUT2D eigenvalue weighted by Gasteiger charge is -2.02. The van der Waals surface area contributed by atoms with Gasteiger partial charge >= 0.3 is 0 Å². The standard InChI is InChI=1S/C11H12N2O3/c1-7(12-13-8(2)14)9-3-4-10-11(5-9)16-6-15-10/h3-5H,6H2,1-2H3,(H,13,14)/b12-7+. The molecular weight excluding hydrogens is 208 g/mol. The molecule has 0 saturated carbocycles. The van der Waals surface area contributed by atoms with Crippen LogP contribution in [0, 0.1) is 0 Å². The molecule has 16 heavy (non-hydrogen) atoms. The summed E-state index contributed by atoms with van der Waals surface area (Å²) in [4.78, 5) is 10.7. The van der Waals surface area contributed by atoms with Crippen molar-refractivity contribution in [1.82, 2.24) is 5.43 Å². The molecule has 2 rings (SSSR count). The van der Waals surface area contributed by atoms with E-state index in [1.807, 2.05) is 25.1 Å². The van der Waals surface area contributed by atoms with Crippen LogP contribution in [0.25, 0.3) is 0 Å². The van der Waals surface area contributed by atoms with E-state index >= 15 is 0 Å². The number of hydrogen-bond donors (Lipinski definition) is 1. The van der Waals surface area contributed by atoms with Crippen molar-refractivity contribution in [3.63, 3.8) is 0 Å². The summed E-state index contributed by atoms with van der Waals surface area (Å²) >= 11 is 0. The van der Waals surface area contributed by atoms with Crippen molar-refractivity contribution in [2.24, 2.45) is 5.10 Å². The molecule has 0 radical (unpaired) electrons. The lowest BCUT2D eigenvalue weighted by atomic mass is 10.1. The van der Waals surface area contributed by atoms with Gasteiger partial charge in [-0.15, -0.1) is 0 Å². The summed E-state index contributed by atoms with van der Waals surface area (Å²) in [5, 5.41) is 3.94. The van der Waals surface area contributed by atoms with E-state index in [-0.39, 0.29) is 12.7 Å². The second-order valence-corrected chi connectivity index (χ2v) is 3.43. The first-order valence-corrected chi connectivity index (χ1v) is 4.87. The van der Waals surface area contributed by atoms with Crippen molar-refractivity contribution in [2.45, 2.75) is 13.8 Å². The fourth-order valence-electron chi connectivity index (χ4n) is 1.35. The van der Waals surface area contributed by atoms with Crippen LogP contribution in [0.3, 0.4) is 0 Å². The highest BCUT2D eigenvalue weighted by atomic mass is 16.7. The van der Waals surface area contributed by atoms with E-state index in [2.05, 4.69) is 10.5 Å². The van der Waals surface area contributed by atoms with Crippen LogP contribution in [0.5, 0.6) is 11.5 Å². The highest BCUT2D eigenvalue weighted by molar-refractivity contribution is 5.99. The van der Waals surface area contributed by atoms with Crippen LogP contribution in [0.1, 0.15) is 19.4 Å². The predicted molar refractivity (Wildman–Crippen MR) is 58.6 cm³/mol. The average Bonchev–Trinajstić information content (AvgIpc) is 2.72. The maximum atomic E-state index is 10.7. The molecule has 0 spiro atoms. The summed E-state index contributed by atoms with van der Waals surface area (Å²) in [5.74, 6) is 1.24. The number of carbonyl (C=O) groups is 1. The molecule has 1 aliphatic heterocycles. The first kappa shape index (κ1) is 10.5. The van der Waals surface area contributed by atoms with Crippen LogP contribution < -0.4 is 14.9 Å². The van der Waals surface area contributed by atoms with Gasteiger partial charge in [0, 0.05) is 12.5 Å². The molecule has 0 aliphatic carbocycles. The number of hydrogen-bond acceptors (Lipinski definition) is 4. The molecule has 5 heteroatoms. The van der Waals surface area contributed by atoms with E-state index in [9.17, 15) is 4.79 Å². The van der Waals surface area contributed by atoms with Crippen LogP contribution >= 0.6 is 0 Å². The Bertz CT molecular complexity index is 455. The number of nitrogens with zero attached hydrogens (tertiary/aromatic N) is 1. The normalized spacial score (nSPS) is 13.8. The quantitative estimate of drug-likeness (QED) is 0.603. The van der Waals surface area contributed by atoms with Crippen molar-refractivity contribution in [1.29, 1.82) is 0 Å². The Labute approximate surface area is 93.1 Å². The zero-order valence-electron chi connectivity index (χ0n) is 9.11. The molecule has 0 saturated heterocycles. The molecule has 0 atom stereocenters. The molecule has 1 N–H and O–H groups in total. The zero-order valence-corrected chi connectivity index (χ0v) is 9.11. The lowest BCUT2D eigenvalue weighted by molar-refractivity contribution is -0.118. The second kappa shape index (κ2) is 4.22. The average molecular weight is 220 g/mol. The zero-order chi connectivity index (χ0) is 11.5. The molecular formula is C11H12N2O3. The van der Waals surface area contributed by atoms with Gasteiger partial charge < -0.3 is 9.47 Å². The van der Waals surface area contributed by atoms with Gasteiger partial charge in [0.15, 0.2) is 11.5 Å². The molecule has 1 heterocycles. The first-order chi connectivity index (χ1) is 7.66. The van der Waals surface area contributed by atoms with Gasteiger partial charge in [0.2, 0.25) is 12.7 Å². The van der Waals surface area contributed by atoms with Gasteiger partial charge in [-0.3, -0.25) is 4.79 Å². The van der Waals surface area contributed by atoms with Crippen LogP contribution in [0.4, 0.5) is 0 Å². The van der Waals surface area contributed by atoms with E-state index in [0.29, 0.717) is 11.5 Å². The molecule has 0 aromatic heterocycles.